The molecule has 1 aromatic carbocycles. The Balaban J connectivity index is 2.18. The Bertz CT molecular complexity index is 570. The second-order valence-corrected chi connectivity index (χ2v) is 6.02. The van der Waals surface area contributed by atoms with E-state index in [1.54, 1.807) is 11.8 Å². The third kappa shape index (κ3) is 3.38. The van der Waals surface area contributed by atoms with Crippen LogP contribution in [0.3, 0.4) is 0 Å². The Morgan fingerprint density at radius 2 is 1.55 bits per heavy atom. The average Bonchev–Trinajstić information content (AvgIpc) is 2.44. The molecule has 0 aliphatic heterocycles. The predicted octanol–water partition coefficient (Wildman–Crippen LogP) is 3.83. The van der Waals surface area contributed by atoms with Gasteiger partial charge < -0.3 is 5.32 Å². The van der Waals surface area contributed by atoms with Crippen LogP contribution in [0.1, 0.15) is 35.5 Å². The van der Waals surface area contributed by atoms with Crippen molar-refractivity contribution in [3.8, 4) is 0 Å². The lowest BCUT2D eigenvalue weighted by atomic mass is 10.1. The van der Waals surface area contributed by atoms with Crippen molar-refractivity contribution in [1.82, 2.24) is 15.3 Å². The summed E-state index contributed by atoms with van der Waals surface area (Å²) in [5.41, 5.74) is 4.57. The highest BCUT2D eigenvalue weighted by Gasteiger charge is 2.07. The Labute approximate surface area is 125 Å². The van der Waals surface area contributed by atoms with Crippen molar-refractivity contribution in [3.63, 3.8) is 0 Å². The highest BCUT2D eigenvalue weighted by molar-refractivity contribution is 7.99. The zero-order valence-electron chi connectivity index (χ0n) is 12.7. The normalized spacial score (nSPS) is 12.4. The first-order valence-corrected chi connectivity index (χ1v) is 7.60. The van der Waals surface area contributed by atoms with E-state index in [0.29, 0.717) is 6.04 Å². The molecule has 4 heteroatoms. The van der Waals surface area contributed by atoms with E-state index in [-0.39, 0.29) is 0 Å². The molecule has 1 aromatic heterocycles. The summed E-state index contributed by atoms with van der Waals surface area (Å²) in [6.45, 7) is 8.28. The molecule has 1 heterocycles. The van der Waals surface area contributed by atoms with Crippen molar-refractivity contribution in [2.45, 2.75) is 43.8 Å². The minimum Gasteiger partial charge on any atom is -0.313 e. The van der Waals surface area contributed by atoms with Gasteiger partial charge in [-0.3, -0.25) is 0 Å². The number of benzene rings is 1. The number of hydrogen-bond acceptors (Lipinski definition) is 4. The number of nitrogens with zero attached hydrogens (tertiary/aromatic N) is 2. The third-order valence-corrected chi connectivity index (χ3v) is 4.51. The first-order chi connectivity index (χ1) is 9.51. The Hall–Kier alpha value is -1.39. The first-order valence-electron chi connectivity index (χ1n) is 6.78. The molecular weight excluding hydrogens is 266 g/mol. The predicted molar refractivity (Wildman–Crippen MR) is 84.3 cm³/mol. The molecule has 0 saturated heterocycles. The minimum absolute atomic E-state index is 0.370. The number of nitrogens with one attached hydrogen (secondary N) is 1. The minimum atomic E-state index is 0.370. The lowest BCUT2D eigenvalue weighted by Gasteiger charge is -2.11. The zero-order valence-corrected chi connectivity index (χ0v) is 13.5. The maximum absolute atomic E-state index is 4.54. The van der Waals surface area contributed by atoms with Gasteiger partial charge in [-0.2, -0.15) is 0 Å². The lowest BCUT2D eigenvalue weighted by Crippen LogP contribution is -2.11. The second-order valence-electron chi connectivity index (χ2n) is 4.98. The summed E-state index contributed by atoms with van der Waals surface area (Å²) in [5.74, 6) is 0. The van der Waals surface area contributed by atoms with Crippen LogP contribution in [-0.2, 0) is 0 Å². The van der Waals surface area contributed by atoms with Gasteiger partial charge in [0.15, 0.2) is 5.16 Å². The topological polar surface area (TPSA) is 37.8 Å². The van der Waals surface area contributed by atoms with Gasteiger partial charge >= 0.3 is 0 Å². The highest BCUT2D eigenvalue weighted by Crippen LogP contribution is 2.27. The molecule has 1 N–H and O–H groups in total. The summed E-state index contributed by atoms with van der Waals surface area (Å²) >= 11 is 1.61. The van der Waals surface area contributed by atoms with E-state index >= 15 is 0 Å². The van der Waals surface area contributed by atoms with Crippen LogP contribution in [-0.4, -0.2) is 17.0 Å². The molecule has 0 aliphatic rings. The molecule has 0 bridgehead atoms. The van der Waals surface area contributed by atoms with Crippen LogP contribution in [0.5, 0.6) is 0 Å². The summed E-state index contributed by atoms with van der Waals surface area (Å²) in [6, 6.07) is 8.92. The average molecular weight is 287 g/mol. The van der Waals surface area contributed by atoms with Crippen LogP contribution >= 0.6 is 11.8 Å². The Kier molecular flexibility index (Phi) is 4.78. The van der Waals surface area contributed by atoms with E-state index in [0.717, 1.165) is 16.5 Å². The summed E-state index contributed by atoms with van der Waals surface area (Å²) in [5, 5.41) is 4.06. The van der Waals surface area contributed by atoms with Gasteiger partial charge in [0.05, 0.1) is 0 Å². The summed E-state index contributed by atoms with van der Waals surface area (Å²) in [7, 11) is 1.97. The smallest absolute Gasteiger partial charge is 0.192 e. The Morgan fingerprint density at radius 3 is 2.05 bits per heavy atom. The molecule has 0 aliphatic carbocycles. The van der Waals surface area contributed by atoms with Crippen molar-refractivity contribution in [1.29, 1.82) is 0 Å². The van der Waals surface area contributed by atoms with Gasteiger partial charge in [0.1, 0.15) is 0 Å². The molecule has 0 saturated carbocycles. The van der Waals surface area contributed by atoms with E-state index in [1.165, 1.54) is 16.0 Å². The molecule has 1 unspecified atom stereocenters. The van der Waals surface area contributed by atoms with Crippen molar-refractivity contribution in [2.24, 2.45) is 0 Å². The maximum atomic E-state index is 4.54. The van der Waals surface area contributed by atoms with Gasteiger partial charge in [-0.25, -0.2) is 9.97 Å². The van der Waals surface area contributed by atoms with Crippen molar-refractivity contribution < 1.29 is 0 Å². The van der Waals surface area contributed by atoms with E-state index in [1.807, 2.05) is 20.9 Å². The number of hydrogen-bond donors (Lipinski definition) is 1. The SMILES string of the molecule is CNC(C)c1ccc(Sc2nc(C)c(C)c(C)n2)cc1. The first kappa shape index (κ1) is 15.0. The Morgan fingerprint density at radius 1 is 1.00 bits per heavy atom. The molecular formula is C16H21N3S. The van der Waals surface area contributed by atoms with Crippen LogP contribution in [0.25, 0.3) is 0 Å². The van der Waals surface area contributed by atoms with Crippen LogP contribution in [0.4, 0.5) is 0 Å². The summed E-state index contributed by atoms with van der Waals surface area (Å²) in [4.78, 5) is 10.3. The molecule has 0 radical (unpaired) electrons. The number of aryl methyl sites for hydroxylation is 2. The zero-order chi connectivity index (χ0) is 14.7. The molecule has 20 heavy (non-hydrogen) atoms. The van der Waals surface area contributed by atoms with Gasteiger partial charge in [-0.15, -0.1) is 0 Å². The number of aromatic nitrogens is 2. The fourth-order valence-electron chi connectivity index (χ4n) is 1.88. The van der Waals surface area contributed by atoms with Gasteiger partial charge in [0.2, 0.25) is 0 Å². The van der Waals surface area contributed by atoms with E-state index in [2.05, 4.69) is 53.4 Å². The highest BCUT2D eigenvalue weighted by atomic mass is 32.2. The largest absolute Gasteiger partial charge is 0.313 e. The van der Waals surface area contributed by atoms with Gasteiger partial charge in [-0.05, 0) is 69.8 Å². The van der Waals surface area contributed by atoms with Crippen LogP contribution in [0.2, 0.25) is 0 Å². The fourth-order valence-corrected chi connectivity index (χ4v) is 2.73. The lowest BCUT2D eigenvalue weighted by molar-refractivity contribution is 0.652. The van der Waals surface area contributed by atoms with Crippen molar-refractivity contribution in [2.75, 3.05) is 7.05 Å². The molecule has 3 nitrogen and oxygen atoms in total. The molecule has 0 amide bonds. The summed E-state index contributed by atoms with van der Waals surface area (Å²) < 4.78 is 0. The van der Waals surface area contributed by atoms with Crippen molar-refractivity contribution >= 4 is 11.8 Å². The van der Waals surface area contributed by atoms with E-state index < -0.39 is 0 Å². The monoisotopic (exact) mass is 287 g/mol. The van der Waals surface area contributed by atoms with E-state index in [9.17, 15) is 0 Å². The number of rotatable bonds is 4. The van der Waals surface area contributed by atoms with Gasteiger partial charge in [-0.1, -0.05) is 12.1 Å². The molecule has 0 spiro atoms. The van der Waals surface area contributed by atoms with Crippen molar-refractivity contribution in [3.05, 3.63) is 46.8 Å². The van der Waals surface area contributed by atoms with Gasteiger partial charge in [0, 0.05) is 22.3 Å². The third-order valence-electron chi connectivity index (χ3n) is 3.63. The molecule has 1 atom stereocenters. The molecule has 0 fully saturated rings. The maximum Gasteiger partial charge on any atom is 0.192 e. The standard InChI is InChI=1S/C16H21N3S/c1-10-11(2)18-16(19-12(10)3)20-15-8-6-14(7-9-15)13(4)17-5/h6-9,13,17H,1-5H3. The van der Waals surface area contributed by atoms with Crippen LogP contribution in [0, 0.1) is 20.8 Å². The fraction of sp³-hybridized carbons (Fsp3) is 0.375. The second kappa shape index (κ2) is 6.37. The van der Waals surface area contributed by atoms with Gasteiger partial charge in [0.25, 0.3) is 0 Å². The molecule has 106 valence electrons. The van der Waals surface area contributed by atoms with Crippen LogP contribution < -0.4 is 5.32 Å². The van der Waals surface area contributed by atoms with Crippen LogP contribution in [0.15, 0.2) is 34.3 Å². The summed E-state index contributed by atoms with van der Waals surface area (Å²) in [6.07, 6.45) is 0. The van der Waals surface area contributed by atoms with E-state index in [4.69, 9.17) is 0 Å². The molecule has 2 aromatic rings. The molecule has 2 rings (SSSR count). The quantitative estimate of drug-likeness (QED) is 0.867.